The van der Waals surface area contributed by atoms with E-state index >= 15 is 0 Å². The second-order valence-corrected chi connectivity index (χ2v) is 9.15. The molecule has 4 rings (SSSR count). The van der Waals surface area contributed by atoms with E-state index in [1.54, 1.807) is 18.4 Å². The molecule has 1 fully saturated rings. The van der Waals surface area contributed by atoms with Gasteiger partial charge in [-0.15, -0.1) is 11.3 Å². The van der Waals surface area contributed by atoms with Crippen LogP contribution in [0.1, 0.15) is 40.1 Å². The minimum absolute atomic E-state index is 0.0150. The molecule has 2 aromatic heterocycles. The number of hydrogen-bond acceptors (Lipinski definition) is 6. The van der Waals surface area contributed by atoms with Gasteiger partial charge in [0.05, 0.1) is 4.88 Å². The molecule has 1 aliphatic heterocycles. The lowest BCUT2D eigenvalue weighted by atomic mass is 9.93. The quantitative estimate of drug-likeness (QED) is 0.655. The predicted octanol–water partition coefficient (Wildman–Crippen LogP) is 3.71. The monoisotopic (exact) mass is 423 g/mol. The van der Waals surface area contributed by atoms with Gasteiger partial charge in [-0.25, -0.2) is 9.97 Å². The summed E-state index contributed by atoms with van der Waals surface area (Å²) in [5.41, 5.74) is 2.32. The van der Waals surface area contributed by atoms with Crippen molar-refractivity contribution in [3.05, 3.63) is 52.7 Å². The van der Waals surface area contributed by atoms with Gasteiger partial charge in [-0.3, -0.25) is 9.69 Å². The molecular formula is C23H29N5OS. The molecule has 0 saturated carbocycles. The van der Waals surface area contributed by atoms with Crippen LogP contribution in [0.15, 0.2) is 36.7 Å². The Hall–Kier alpha value is -2.51. The Morgan fingerprint density at radius 2 is 2.00 bits per heavy atom. The van der Waals surface area contributed by atoms with E-state index in [-0.39, 0.29) is 5.91 Å². The molecule has 1 N–H and O–H groups in total. The van der Waals surface area contributed by atoms with Crippen molar-refractivity contribution in [2.75, 3.05) is 32.6 Å². The lowest BCUT2D eigenvalue weighted by molar-refractivity contribution is 0.0964. The third-order valence-electron chi connectivity index (χ3n) is 5.80. The summed E-state index contributed by atoms with van der Waals surface area (Å²) in [4.78, 5) is 26.8. The zero-order chi connectivity index (χ0) is 21.1. The molecule has 3 aromatic rings. The Bertz CT molecular complexity index is 1010. The van der Waals surface area contributed by atoms with Gasteiger partial charge in [0.25, 0.3) is 5.91 Å². The second-order valence-electron chi connectivity index (χ2n) is 8.09. The first-order chi connectivity index (χ1) is 14.6. The standard InChI is InChI=1S/C23H29N5OS/c1-24-22(29)21-19(18-9-4-5-10-20(18)30-21)12-17-8-6-7-11-28(17)15-16-13-25-23(26-14-16)27(2)3/h4-5,9-10,13-14,17H,6-8,11-12,15H2,1-3H3,(H,24,29). The highest BCUT2D eigenvalue weighted by Crippen LogP contribution is 2.34. The van der Waals surface area contributed by atoms with Crippen LogP contribution >= 0.6 is 11.3 Å². The average molecular weight is 424 g/mol. The van der Waals surface area contributed by atoms with E-state index in [1.807, 2.05) is 37.5 Å². The molecule has 158 valence electrons. The number of nitrogens with one attached hydrogen (secondary N) is 1. The minimum Gasteiger partial charge on any atom is -0.354 e. The van der Waals surface area contributed by atoms with E-state index in [2.05, 4.69) is 38.4 Å². The molecule has 1 unspecified atom stereocenters. The first kappa shape index (κ1) is 20.8. The fourth-order valence-electron chi connectivity index (χ4n) is 4.23. The summed E-state index contributed by atoms with van der Waals surface area (Å²) >= 11 is 1.60. The van der Waals surface area contributed by atoms with Crippen molar-refractivity contribution >= 4 is 33.3 Å². The van der Waals surface area contributed by atoms with E-state index in [0.717, 1.165) is 42.3 Å². The van der Waals surface area contributed by atoms with E-state index in [4.69, 9.17) is 0 Å². The number of likely N-dealkylation sites (tertiary alicyclic amines) is 1. The number of amides is 1. The fourth-order valence-corrected chi connectivity index (χ4v) is 5.41. The van der Waals surface area contributed by atoms with E-state index in [1.165, 1.54) is 28.5 Å². The van der Waals surface area contributed by atoms with Crippen molar-refractivity contribution in [3.8, 4) is 0 Å². The average Bonchev–Trinajstić information content (AvgIpc) is 3.13. The van der Waals surface area contributed by atoms with Crippen molar-refractivity contribution in [2.24, 2.45) is 0 Å². The van der Waals surface area contributed by atoms with Crippen molar-refractivity contribution in [2.45, 2.75) is 38.3 Å². The van der Waals surface area contributed by atoms with E-state index in [0.29, 0.717) is 6.04 Å². The van der Waals surface area contributed by atoms with Crippen LogP contribution in [0.3, 0.4) is 0 Å². The third kappa shape index (κ3) is 4.32. The Kier molecular flexibility index (Phi) is 6.29. The summed E-state index contributed by atoms with van der Waals surface area (Å²) in [6.07, 6.45) is 8.35. The normalized spacial score (nSPS) is 17.2. The van der Waals surface area contributed by atoms with Gasteiger partial charge < -0.3 is 10.2 Å². The first-order valence-electron chi connectivity index (χ1n) is 10.5. The number of piperidine rings is 1. The zero-order valence-corrected chi connectivity index (χ0v) is 18.7. The maximum Gasteiger partial charge on any atom is 0.261 e. The smallest absolute Gasteiger partial charge is 0.261 e. The SMILES string of the molecule is CNC(=O)c1sc2ccccc2c1CC1CCCCN1Cc1cnc(N(C)C)nc1. The highest BCUT2D eigenvalue weighted by Gasteiger charge is 2.27. The molecule has 0 aliphatic carbocycles. The molecule has 6 nitrogen and oxygen atoms in total. The molecule has 1 amide bonds. The first-order valence-corrected chi connectivity index (χ1v) is 11.3. The Morgan fingerprint density at radius 1 is 1.23 bits per heavy atom. The van der Waals surface area contributed by atoms with Crippen LogP contribution in [0.25, 0.3) is 10.1 Å². The Morgan fingerprint density at radius 3 is 2.73 bits per heavy atom. The molecule has 0 spiro atoms. The van der Waals surface area contributed by atoms with Gasteiger partial charge >= 0.3 is 0 Å². The number of aromatic nitrogens is 2. The van der Waals surface area contributed by atoms with Gasteiger partial charge in [0, 0.05) is 56.4 Å². The van der Waals surface area contributed by atoms with Gasteiger partial charge in [-0.05, 0) is 42.8 Å². The second kappa shape index (κ2) is 9.10. The molecule has 1 atom stereocenters. The van der Waals surface area contributed by atoms with Crippen LogP contribution in [0.4, 0.5) is 5.95 Å². The van der Waals surface area contributed by atoms with Crippen LogP contribution < -0.4 is 10.2 Å². The topological polar surface area (TPSA) is 61.4 Å². The molecule has 30 heavy (non-hydrogen) atoms. The van der Waals surface area contributed by atoms with Crippen molar-refractivity contribution in [1.82, 2.24) is 20.2 Å². The van der Waals surface area contributed by atoms with Gasteiger partial charge in [0.2, 0.25) is 5.95 Å². The summed E-state index contributed by atoms with van der Waals surface area (Å²) in [6, 6.07) is 8.77. The molecule has 1 aromatic carbocycles. The maximum atomic E-state index is 12.6. The molecular weight excluding hydrogens is 394 g/mol. The number of anilines is 1. The van der Waals surface area contributed by atoms with Gasteiger partial charge in [0.1, 0.15) is 0 Å². The van der Waals surface area contributed by atoms with Crippen LogP contribution in [0, 0.1) is 0 Å². The van der Waals surface area contributed by atoms with E-state index in [9.17, 15) is 4.79 Å². The fraction of sp³-hybridized carbons (Fsp3) is 0.435. The number of rotatable bonds is 6. The Balaban J connectivity index is 1.59. The summed E-state index contributed by atoms with van der Waals surface area (Å²) in [5, 5.41) is 4.04. The largest absolute Gasteiger partial charge is 0.354 e. The number of hydrogen-bond donors (Lipinski definition) is 1. The number of carbonyl (C=O) groups is 1. The summed E-state index contributed by atoms with van der Waals surface area (Å²) < 4.78 is 1.18. The molecule has 7 heteroatoms. The van der Waals surface area contributed by atoms with Crippen molar-refractivity contribution in [3.63, 3.8) is 0 Å². The molecule has 1 aliphatic rings. The van der Waals surface area contributed by atoms with E-state index < -0.39 is 0 Å². The number of benzene rings is 1. The van der Waals surface area contributed by atoms with Crippen LogP contribution in [-0.2, 0) is 13.0 Å². The van der Waals surface area contributed by atoms with Gasteiger partial charge in [-0.2, -0.15) is 0 Å². The highest BCUT2D eigenvalue weighted by molar-refractivity contribution is 7.21. The Labute approximate surface area is 181 Å². The number of thiophene rings is 1. The predicted molar refractivity (Wildman–Crippen MR) is 123 cm³/mol. The molecule has 3 heterocycles. The summed E-state index contributed by atoms with van der Waals surface area (Å²) in [5.74, 6) is 0.746. The maximum absolute atomic E-state index is 12.6. The zero-order valence-electron chi connectivity index (χ0n) is 17.9. The third-order valence-corrected chi connectivity index (χ3v) is 7.01. The van der Waals surface area contributed by atoms with Crippen LogP contribution in [-0.4, -0.2) is 54.5 Å². The minimum atomic E-state index is 0.0150. The lowest BCUT2D eigenvalue weighted by Gasteiger charge is -2.36. The molecule has 0 bridgehead atoms. The summed E-state index contributed by atoms with van der Waals surface area (Å²) in [7, 11) is 5.61. The number of nitrogens with zero attached hydrogens (tertiary/aromatic N) is 4. The molecule has 0 radical (unpaired) electrons. The van der Waals surface area contributed by atoms with Gasteiger partial charge in [0.15, 0.2) is 0 Å². The van der Waals surface area contributed by atoms with Crippen LogP contribution in [0.5, 0.6) is 0 Å². The lowest BCUT2D eigenvalue weighted by Crippen LogP contribution is -2.40. The van der Waals surface area contributed by atoms with Crippen LogP contribution in [0.2, 0.25) is 0 Å². The summed E-state index contributed by atoms with van der Waals surface area (Å²) in [6.45, 7) is 1.91. The van der Waals surface area contributed by atoms with Gasteiger partial charge in [-0.1, -0.05) is 24.6 Å². The highest BCUT2D eigenvalue weighted by atomic mass is 32.1. The van der Waals surface area contributed by atoms with Crippen molar-refractivity contribution in [1.29, 1.82) is 0 Å². The molecule has 1 saturated heterocycles. The number of fused-ring (bicyclic) bond motifs is 1. The van der Waals surface area contributed by atoms with Crippen molar-refractivity contribution < 1.29 is 4.79 Å². The number of carbonyl (C=O) groups excluding carboxylic acids is 1.